The van der Waals surface area contributed by atoms with E-state index in [0.717, 1.165) is 6.42 Å². The first-order valence-electron chi connectivity index (χ1n) is 2.98. The number of ether oxygens (including phenoxy) is 3. The van der Waals surface area contributed by atoms with E-state index in [1.807, 2.05) is 0 Å². The normalized spacial score (nSPS) is 20.4. The Morgan fingerprint density at radius 3 is 2.60 bits per heavy atom. The molecule has 1 amide bonds. The fourth-order valence-corrected chi connectivity index (χ4v) is 0.629. The van der Waals surface area contributed by atoms with Gasteiger partial charge in [-0.1, -0.05) is 0 Å². The van der Waals surface area contributed by atoms with Crippen LogP contribution >= 0.6 is 0 Å². The topological polar surface area (TPSA) is 70.8 Å². The Kier molecular flexibility index (Phi) is 2.47. The second-order valence-electron chi connectivity index (χ2n) is 1.82. The van der Waals surface area contributed by atoms with E-state index in [2.05, 4.69) is 4.74 Å². The zero-order valence-electron chi connectivity index (χ0n) is 5.41. The third kappa shape index (κ3) is 2.20. The first-order chi connectivity index (χ1) is 4.79. The Morgan fingerprint density at radius 1 is 1.50 bits per heavy atom. The average Bonchev–Trinajstić information content (AvgIpc) is 1.88. The Balaban J connectivity index is 2.19. The predicted molar refractivity (Wildman–Crippen MR) is 31.0 cm³/mol. The lowest BCUT2D eigenvalue weighted by atomic mass is 10.5. The summed E-state index contributed by atoms with van der Waals surface area (Å²) in [5.41, 5.74) is 4.70. The highest BCUT2D eigenvalue weighted by molar-refractivity contribution is 5.64. The van der Waals surface area contributed by atoms with E-state index < -0.39 is 12.6 Å². The molecule has 0 saturated carbocycles. The maximum absolute atomic E-state index is 10.1. The predicted octanol–water partition coefficient (Wildman–Crippen LogP) is -0.198. The minimum absolute atomic E-state index is 0.540. The average molecular weight is 147 g/mol. The Hall–Kier alpha value is -0.810. The third-order valence-electron chi connectivity index (χ3n) is 1.01. The smallest absolute Gasteiger partial charge is 0.394 e. The summed E-state index contributed by atoms with van der Waals surface area (Å²) >= 11 is 0. The van der Waals surface area contributed by atoms with Gasteiger partial charge in [-0.05, 0) is 6.42 Å². The van der Waals surface area contributed by atoms with Crippen molar-refractivity contribution in [2.24, 2.45) is 5.73 Å². The number of primary amides is 1. The highest BCUT2D eigenvalue weighted by Crippen LogP contribution is 2.04. The van der Waals surface area contributed by atoms with Gasteiger partial charge in [-0.15, -0.1) is 0 Å². The Morgan fingerprint density at radius 2 is 2.10 bits per heavy atom. The molecule has 1 heterocycles. The summed E-state index contributed by atoms with van der Waals surface area (Å²) in [7, 11) is 0. The summed E-state index contributed by atoms with van der Waals surface area (Å²) in [6, 6.07) is 0. The lowest BCUT2D eigenvalue weighted by Crippen LogP contribution is -2.31. The number of amides is 1. The minimum atomic E-state index is -0.897. The number of nitrogens with two attached hydrogens (primary N) is 1. The molecule has 5 heteroatoms. The van der Waals surface area contributed by atoms with Gasteiger partial charge in [0.2, 0.25) is 0 Å². The van der Waals surface area contributed by atoms with Gasteiger partial charge in [-0.25, -0.2) is 4.79 Å². The molecule has 0 spiro atoms. The molecule has 1 aliphatic heterocycles. The summed E-state index contributed by atoms with van der Waals surface area (Å²) in [5.74, 6) is 0. The highest BCUT2D eigenvalue weighted by atomic mass is 16.9. The van der Waals surface area contributed by atoms with Crippen LogP contribution in [0.4, 0.5) is 4.79 Å². The van der Waals surface area contributed by atoms with Crippen molar-refractivity contribution < 1.29 is 19.0 Å². The summed E-state index contributed by atoms with van der Waals surface area (Å²) in [5, 5.41) is 0. The second kappa shape index (κ2) is 3.38. The first kappa shape index (κ1) is 7.30. The maximum Gasteiger partial charge on any atom is 0.408 e. The van der Waals surface area contributed by atoms with Crippen LogP contribution in [0, 0.1) is 0 Å². The standard InChI is InChI=1S/C5H9NO4/c6-4(7)10-5-8-2-1-3-9-5/h5H,1-3H2,(H2,6,7). The number of hydrogen-bond donors (Lipinski definition) is 1. The van der Waals surface area contributed by atoms with Crippen LogP contribution < -0.4 is 5.73 Å². The van der Waals surface area contributed by atoms with Gasteiger partial charge in [-0.3, -0.25) is 0 Å². The zero-order chi connectivity index (χ0) is 7.40. The first-order valence-corrected chi connectivity index (χ1v) is 2.98. The molecule has 0 bridgehead atoms. The fraction of sp³-hybridized carbons (Fsp3) is 0.800. The van der Waals surface area contributed by atoms with Crippen LogP contribution in [-0.2, 0) is 14.2 Å². The molecule has 58 valence electrons. The monoisotopic (exact) mass is 147 g/mol. The van der Waals surface area contributed by atoms with Gasteiger partial charge < -0.3 is 19.9 Å². The lowest BCUT2D eigenvalue weighted by Gasteiger charge is -2.21. The van der Waals surface area contributed by atoms with E-state index >= 15 is 0 Å². The van der Waals surface area contributed by atoms with Gasteiger partial charge in [0.1, 0.15) is 0 Å². The molecular formula is C5H9NO4. The number of rotatable bonds is 1. The van der Waals surface area contributed by atoms with Crippen molar-refractivity contribution in [2.75, 3.05) is 13.2 Å². The van der Waals surface area contributed by atoms with Crippen molar-refractivity contribution >= 4 is 6.09 Å². The van der Waals surface area contributed by atoms with Gasteiger partial charge in [0.15, 0.2) is 0 Å². The molecule has 0 aliphatic carbocycles. The summed E-state index contributed by atoms with van der Waals surface area (Å²) in [4.78, 5) is 10.1. The Bertz CT molecular complexity index is 121. The van der Waals surface area contributed by atoms with Crippen molar-refractivity contribution in [3.63, 3.8) is 0 Å². The molecule has 2 N–H and O–H groups in total. The van der Waals surface area contributed by atoms with Crippen molar-refractivity contribution in [3.05, 3.63) is 0 Å². The molecule has 1 fully saturated rings. The van der Waals surface area contributed by atoms with E-state index in [1.165, 1.54) is 0 Å². The van der Waals surface area contributed by atoms with Crippen LogP contribution in [0.3, 0.4) is 0 Å². The molecule has 0 aromatic carbocycles. The number of carbonyl (C=O) groups excluding carboxylic acids is 1. The fourth-order valence-electron chi connectivity index (χ4n) is 0.629. The van der Waals surface area contributed by atoms with Crippen molar-refractivity contribution in [3.8, 4) is 0 Å². The van der Waals surface area contributed by atoms with Crippen LogP contribution in [0.5, 0.6) is 0 Å². The number of carbonyl (C=O) groups is 1. The largest absolute Gasteiger partial charge is 0.408 e. The van der Waals surface area contributed by atoms with Crippen molar-refractivity contribution in [1.29, 1.82) is 0 Å². The molecule has 1 rings (SSSR count). The summed E-state index contributed by atoms with van der Waals surface area (Å²) < 4.78 is 14.1. The van der Waals surface area contributed by atoms with Crippen LogP contribution in [0.1, 0.15) is 6.42 Å². The lowest BCUT2D eigenvalue weighted by molar-refractivity contribution is -0.283. The van der Waals surface area contributed by atoms with Gasteiger partial charge in [0, 0.05) is 0 Å². The van der Waals surface area contributed by atoms with Gasteiger partial charge in [0.05, 0.1) is 13.2 Å². The zero-order valence-corrected chi connectivity index (χ0v) is 5.41. The van der Waals surface area contributed by atoms with Crippen LogP contribution in [-0.4, -0.2) is 25.8 Å². The molecule has 0 aromatic heterocycles. The van der Waals surface area contributed by atoms with Gasteiger partial charge >= 0.3 is 12.6 Å². The van der Waals surface area contributed by atoms with E-state index in [4.69, 9.17) is 15.2 Å². The van der Waals surface area contributed by atoms with Crippen LogP contribution in [0.15, 0.2) is 0 Å². The van der Waals surface area contributed by atoms with Crippen LogP contribution in [0.25, 0.3) is 0 Å². The molecule has 5 nitrogen and oxygen atoms in total. The summed E-state index contributed by atoms with van der Waals surface area (Å²) in [6.07, 6.45) is -0.0644. The van der Waals surface area contributed by atoms with Crippen molar-refractivity contribution in [2.45, 2.75) is 12.9 Å². The highest BCUT2D eigenvalue weighted by Gasteiger charge is 2.16. The van der Waals surface area contributed by atoms with Crippen LogP contribution in [0.2, 0.25) is 0 Å². The van der Waals surface area contributed by atoms with Gasteiger partial charge in [-0.2, -0.15) is 0 Å². The molecule has 1 saturated heterocycles. The second-order valence-corrected chi connectivity index (χ2v) is 1.82. The van der Waals surface area contributed by atoms with Gasteiger partial charge in [0.25, 0.3) is 0 Å². The Labute approximate surface area is 58.0 Å². The molecule has 0 radical (unpaired) electrons. The molecule has 10 heavy (non-hydrogen) atoms. The minimum Gasteiger partial charge on any atom is -0.394 e. The SMILES string of the molecule is NC(=O)OC1OCCCO1. The molecular weight excluding hydrogens is 138 g/mol. The van der Waals surface area contributed by atoms with E-state index in [0.29, 0.717) is 13.2 Å². The quantitative estimate of drug-likeness (QED) is 0.557. The van der Waals surface area contributed by atoms with Crippen molar-refractivity contribution in [1.82, 2.24) is 0 Å². The van der Waals surface area contributed by atoms with E-state index in [1.54, 1.807) is 0 Å². The third-order valence-corrected chi connectivity index (χ3v) is 1.01. The van der Waals surface area contributed by atoms with E-state index in [9.17, 15) is 4.79 Å². The molecule has 1 aliphatic rings. The molecule has 0 unspecified atom stereocenters. The van der Waals surface area contributed by atoms with E-state index in [-0.39, 0.29) is 0 Å². The maximum atomic E-state index is 10.1. The number of hydrogen-bond acceptors (Lipinski definition) is 4. The molecule has 0 atom stereocenters. The molecule has 0 aromatic rings. The summed E-state index contributed by atoms with van der Waals surface area (Å²) in [6.45, 7) is 0.182.